The van der Waals surface area contributed by atoms with E-state index in [1.165, 1.54) is 38.5 Å². The molecule has 1 saturated carbocycles. The summed E-state index contributed by atoms with van der Waals surface area (Å²) in [5, 5.41) is 3.59. The Morgan fingerprint density at radius 2 is 1.79 bits per heavy atom. The maximum absolute atomic E-state index is 5.85. The highest BCUT2D eigenvalue weighted by molar-refractivity contribution is 5.56. The minimum Gasteiger partial charge on any atom is -0.489 e. The van der Waals surface area contributed by atoms with E-state index >= 15 is 0 Å². The monoisotopic (exact) mass is 261 g/mol. The molecule has 1 fully saturated rings. The number of rotatable bonds is 5. The zero-order valence-corrected chi connectivity index (χ0v) is 12.3. The van der Waals surface area contributed by atoms with Crippen molar-refractivity contribution in [3.8, 4) is 5.75 Å². The van der Waals surface area contributed by atoms with Gasteiger partial charge in [-0.15, -0.1) is 0 Å². The Labute approximate surface area is 117 Å². The van der Waals surface area contributed by atoms with Crippen molar-refractivity contribution >= 4 is 5.69 Å². The predicted molar refractivity (Wildman–Crippen MR) is 81.9 cm³/mol. The van der Waals surface area contributed by atoms with Gasteiger partial charge < -0.3 is 10.1 Å². The van der Waals surface area contributed by atoms with E-state index in [9.17, 15) is 0 Å². The van der Waals surface area contributed by atoms with Crippen LogP contribution in [0.25, 0.3) is 0 Å². The molecule has 0 amide bonds. The summed E-state index contributed by atoms with van der Waals surface area (Å²) in [7, 11) is 0. The molecule has 2 rings (SSSR count). The van der Waals surface area contributed by atoms with Crippen molar-refractivity contribution < 1.29 is 4.74 Å². The van der Waals surface area contributed by atoms with Crippen LogP contribution in [0.4, 0.5) is 5.69 Å². The van der Waals surface area contributed by atoms with Crippen molar-refractivity contribution in [3.05, 3.63) is 24.3 Å². The van der Waals surface area contributed by atoms with Gasteiger partial charge in [-0.2, -0.15) is 0 Å². The van der Waals surface area contributed by atoms with Crippen LogP contribution in [0.1, 0.15) is 52.4 Å². The second-order valence-electron chi connectivity index (χ2n) is 5.90. The van der Waals surface area contributed by atoms with Gasteiger partial charge in [0.25, 0.3) is 0 Å². The number of benzene rings is 1. The molecule has 0 aromatic heterocycles. The SMILES string of the molecule is CC(C)Oc1ccccc1NCC1CCCCCC1. The third-order valence-electron chi connectivity index (χ3n) is 3.81. The number of ether oxygens (including phenoxy) is 1. The molecule has 0 spiro atoms. The van der Waals surface area contributed by atoms with E-state index in [1.807, 2.05) is 6.07 Å². The normalized spacial score (nSPS) is 17.2. The van der Waals surface area contributed by atoms with Gasteiger partial charge in [0.2, 0.25) is 0 Å². The van der Waals surface area contributed by atoms with Crippen molar-refractivity contribution in [2.45, 2.75) is 58.5 Å². The smallest absolute Gasteiger partial charge is 0.142 e. The third-order valence-corrected chi connectivity index (χ3v) is 3.81. The van der Waals surface area contributed by atoms with Gasteiger partial charge in [0, 0.05) is 6.54 Å². The minimum absolute atomic E-state index is 0.223. The zero-order valence-electron chi connectivity index (χ0n) is 12.3. The summed E-state index contributed by atoms with van der Waals surface area (Å²) < 4.78 is 5.85. The third kappa shape index (κ3) is 4.77. The Bertz CT molecular complexity index is 367. The van der Waals surface area contributed by atoms with Crippen LogP contribution >= 0.6 is 0 Å². The molecule has 0 radical (unpaired) electrons. The van der Waals surface area contributed by atoms with Crippen LogP contribution in [0.5, 0.6) is 5.75 Å². The topological polar surface area (TPSA) is 21.3 Å². The van der Waals surface area contributed by atoms with Gasteiger partial charge in [0.15, 0.2) is 0 Å². The standard InChI is InChI=1S/C17H27NO/c1-14(2)19-17-12-8-7-11-16(17)18-13-15-9-5-3-4-6-10-15/h7-8,11-12,14-15,18H,3-6,9-10,13H2,1-2H3. The number of nitrogens with one attached hydrogen (secondary N) is 1. The molecule has 0 heterocycles. The van der Waals surface area contributed by atoms with Gasteiger partial charge >= 0.3 is 0 Å². The fraction of sp³-hybridized carbons (Fsp3) is 0.647. The van der Waals surface area contributed by atoms with Crippen LogP contribution in [-0.4, -0.2) is 12.6 Å². The second kappa shape index (κ2) is 7.42. The molecule has 1 aromatic rings. The highest BCUT2D eigenvalue weighted by Crippen LogP contribution is 2.27. The Morgan fingerprint density at radius 1 is 1.11 bits per heavy atom. The van der Waals surface area contributed by atoms with Crippen molar-refractivity contribution in [1.82, 2.24) is 0 Å². The van der Waals surface area contributed by atoms with E-state index in [0.29, 0.717) is 0 Å². The molecule has 0 atom stereocenters. The van der Waals surface area contributed by atoms with E-state index in [-0.39, 0.29) is 6.10 Å². The lowest BCUT2D eigenvalue weighted by atomic mass is 10.0. The summed E-state index contributed by atoms with van der Waals surface area (Å²) >= 11 is 0. The lowest BCUT2D eigenvalue weighted by Crippen LogP contribution is -2.15. The average Bonchev–Trinajstić information content (AvgIpc) is 2.65. The first kappa shape index (κ1) is 14.2. The van der Waals surface area contributed by atoms with Gasteiger partial charge in [-0.05, 0) is 44.7 Å². The molecule has 0 unspecified atom stereocenters. The van der Waals surface area contributed by atoms with Crippen LogP contribution in [-0.2, 0) is 0 Å². The molecule has 0 bridgehead atoms. The molecule has 2 heteroatoms. The molecular formula is C17H27NO. The van der Waals surface area contributed by atoms with E-state index in [4.69, 9.17) is 4.74 Å². The second-order valence-corrected chi connectivity index (χ2v) is 5.90. The number of hydrogen-bond donors (Lipinski definition) is 1. The molecule has 19 heavy (non-hydrogen) atoms. The van der Waals surface area contributed by atoms with Crippen molar-refractivity contribution in [2.75, 3.05) is 11.9 Å². The van der Waals surface area contributed by atoms with Crippen molar-refractivity contribution in [2.24, 2.45) is 5.92 Å². The summed E-state index contributed by atoms with van der Waals surface area (Å²) in [5.41, 5.74) is 1.14. The quantitative estimate of drug-likeness (QED) is 0.764. The highest BCUT2D eigenvalue weighted by atomic mass is 16.5. The lowest BCUT2D eigenvalue weighted by molar-refractivity contribution is 0.243. The lowest BCUT2D eigenvalue weighted by Gasteiger charge is -2.19. The molecule has 0 saturated heterocycles. The van der Waals surface area contributed by atoms with Crippen molar-refractivity contribution in [3.63, 3.8) is 0 Å². The molecule has 1 aliphatic carbocycles. The molecule has 2 nitrogen and oxygen atoms in total. The predicted octanol–water partition coefficient (Wildman–Crippen LogP) is 4.86. The fourth-order valence-corrected chi connectivity index (χ4v) is 2.79. The Hall–Kier alpha value is -1.18. The van der Waals surface area contributed by atoms with E-state index in [1.54, 1.807) is 0 Å². The molecule has 1 aliphatic rings. The maximum Gasteiger partial charge on any atom is 0.142 e. The van der Waals surface area contributed by atoms with Gasteiger partial charge in [-0.1, -0.05) is 37.8 Å². The fourth-order valence-electron chi connectivity index (χ4n) is 2.79. The number of para-hydroxylation sites is 2. The average molecular weight is 261 g/mol. The van der Waals surface area contributed by atoms with Gasteiger partial charge in [0.05, 0.1) is 11.8 Å². The van der Waals surface area contributed by atoms with Gasteiger partial charge in [-0.25, -0.2) is 0 Å². The minimum atomic E-state index is 0.223. The van der Waals surface area contributed by atoms with Crippen LogP contribution in [0, 0.1) is 5.92 Å². The number of anilines is 1. The summed E-state index contributed by atoms with van der Waals surface area (Å²) in [6.07, 6.45) is 8.61. The van der Waals surface area contributed by atoms with Gasteiger partial charge in [0.1, 0.15) is 5.75 Å². The molecular weight excluding hydrogens is 234 g/mol. The Kier molecular flexibility index (Phi) is 5.56. The van der Waals surface area contributed by atoms with E-state index < -0.39 is 0 Å². The van der Waals surface area contributed by atoms with E-state index in [0.717, 1.165) is 23.9 Å². The largest absolute Gasteiger partial charge is 0.489 e. The molecule has 106 valence electrons. The van der Waals surface area contributed by atoms with Crippen LogP contribution in [0.3, 0.4) is 0 Å². The zero-order chi connectivity index (χ0) is 13.5. The van der Waals surface area contributed by atoms with Crippen molar-refractivity contribution in [1.29, 1.82) is 0 Å². The number of hydrogen-bond acceptors (Lipinski definition) is 2. The molecule has 1 aromatic carbocycles. The summed E-state index contributed by atoms with van der Waals surface area (Å²) in [4.78, 5) is 0. The van der Waals surface area contributed by atoms with E-state index in [2.05, 4.69) is 37.4 Å². The molecule has 1 N–H and O–H groups in total. The highest BCUT2D eigenvalue weighted by Gasteiger charge is 2.13. The Balaban J connectivity index is 1.90. The Morgan fingerprint density at radius 3 is 2.47 bits per heavy atom. The first-order valence-electron chi connectivity index (χ1n) is 7.75. The maximum atomic E-state index is 5.85. The molecule has 0 aliphatic heterocycles. The summed E-state index contributed by atoms with van der Waals surface area (Å²) in [5.74, 6) is 1.81. The van der Waals surface area contributed by atoms with Crippen LogP contribution < -0.4 is 10.1 Å². The summed E-state index contributed by atoms with van der Waals surface area (Å²) in [6.45, 7) is 5.22. The van der Waals surface area contributed by atoms with Gasteiger partial charge in [-0.3, -0.25) is 0 Å². The van der Waals surface area contributed by atoms with Crippen LogP contribution in [0.2, 0.25) is 0 Å². The van der Waals surface area contributed by atoms with Crippen LogP contribution in [0.15, 0.2) is 24.3 Å². The first-order valence-corrected chi connectivity index (χ1v) is 7.75. The summed E-state index contributed by atoms with van der Waals surface area (Å²) in [6, 6.07) is 8.28. The first-order chi connectivity index (χ1) is 9.25.